The normalized spacial score (nSPS) is 15.7. The molecule has 0 aromatic heterocycles. The van der Waals surface area contributed by atoms with Gasteiger partial charge in [-0.25, -0.2) is 18.4 Å². The van der Waals surface area contributed by atoms with Crippen molar-refractivity contribution in [1.29, 1.82) is 0 Å². The highest BCUT2D eigenvalue weighted by Crippen LogP contribution is 2.22. The molecule has 3 amide bonds. The van der Waals surface area contributed by atoms with Gasteiger partial charge in [0.1, 0.15) is 12.7 Å². The van der Waals surface area contributed by atoms with E-state index in [1.807, 2.05) is 0 Å². The maximum absolute atomic E-state index is 13.0. The minimum absolute atomic E-state index is 0.0411. The van der Waals surface area contributed by atoms with Gasteiger partial charge < -0.3 is 20.5 Å². The van der Waals surface area contributed by atoms with E-state index in [4.69, 9.17) is 4.74 Å². The number of halogens is 2. The molecule has 3 N–H and O–H groups in total. The largest absolute Gasteiger partial charge is 0.447 e. The molecule has 0 bridgehead atoms. The zero-order valence-corrected chi connectivity index (χ0v) is 15.4. The highest BCUT2D eigenvalue weighted by Gasteiger charge is 2.29. The predicted octanol–water partition coefficient (Wildman–Crippen LogP) is 3.00. The van der Waals surface area contributed by atoms with E-state index >= 15 is 0 Å². The number of amides is 3. The van der Waals surface area contributed by atoms with Crippen LogP contribution in [0.1, 0.15) is 5.56 Å². The zero-order valence-electron chi connectivity index (χ0n) is 15.4. The molecule has 2 atom stereocenters. The third kappa shape index (κ3) is 5.41. The van der Waals surface area contributed by atoms with Gasteiger partial charge >= 0.3 is 12.1 Å². The summed E-state index contributed by atoms with van der Waals surface area (Å²) in [5.41, 5.74) is 1.61. The Kier molecular flexibility index (Phi) is 6.61. The van der Waals surface area contributed by atoms with Crippen molar-refractivity contribution in [2.24, 2.45) is 0 Å². The van der Waals surface area contributed by atoms with Gasteiger partial charge in [-0.2, -0.15) is 0 Å². The molecule has 2 aromatic carbocycles. The standard InChI is InChI=1S/C20H21F2N3O4/c21-18(22)17(26)16(11-13-5-2-1-3-6-13)24-19(27)23-14-7-4-8-15(12-14)25-9-10-29-20(25)28/h1-8,12,16-18,26H,9-11H2,(H2,23,24,27)/t16-,17-/m0/s1. The number of anilines is 2. The van der Waals surface area contributed by atoms with Crippen molar-refractivity contribution in [3.63, 3.8) is 0 Å². The summed E-state index contributed by atoms with van der Waals surface area (Å²) in [5, 5.41) is 14.8. The first-order valence-electron chi connectivity index (χ1n) is 9.06. The molecule has 7 nitrogen and oxygen atoms in total. The number of aliphatic hydroxyl groups excluding tert-OH is 1. The predicted molar refractivity (Wildman–Crippen MR) is 103 cm³/mol. The van der Waals surface area contributed by atoms with Gasteiger partial charge in [0.2, 0.25) is 0 Å². The Balaban J connectivity index is 1.67. The highest BCUT2D eigenvalue weighted by atomic mass is 19.3. The molecule has 9 heteroatoms. The van der Waals surface area contributed by atoms with Crippen LogP contribution in [-0.2, 0) is 11.2 Å². The third-order valence-electron chi connectivity index (χ3n) is 4.46. The van der Waals surface area contributed by atoms with Gasteiger partial charge in [0.05, 0.1) is 12.6 Å². The fraction of sp³-hybridized carbons (Fsp3) is 0.300. The Labute approximate surface area is 166 Å². The molecule has 1 aliphatic heterocycles. The number of urea groups is 1. The highest BCUT2D eigenvalue weighted by molar-refractivity contribution is 5.93. The van der Waals surface area contributed by atoms with Crippen molar-refractivity contribution in [1.82, 2.24) is 5.32 Å². The molecule has 0 saturated carbocycles. The molecule has 2 aromatic rings. The maximum atomic E-state index is 13.0. The van der Waals surface area contributed by atoms with Crippen LogP contribution in [0.15, 0.2) is 54.6 Å². The lowest BCUT2D eigenvalue weighted by Crippen LogP contribution is -2.49. The topological polar surface area (TPSA) is 90.9 Å². The number of aliphatic hydroxyl groups is 1. The minimum atomic E-state index is -3.01. The average Bonchev–Trinajstić information content (AvgIpc) is 3.13. The molecule has 1 saturated heterocycles. The van der Waals surface area contributed by atoms with E-state index in [0.29, 0.717) is 23.5 Å². The van der Waals surface area contributed by atoms with Crippen LogP contribution >= 0.6 is 0 Å². The van der Waals surface area contributed by atoms with Crippen LogP contribution in [0.3, 0.4) is 0 Å². The molecule has 1 fully saturated rings. The van der Waals surface area contributed by atoms with Crippen LogP contribution in [0.25, 0.3) is 0 Å². The van der Waals surface area contributed by atoms with E-state index in [-0.39, 0.29) is 13.0 Å². The lowest BCUT2D eigenvalue weighted by atomic mass is 10.0. The van der Waals surface area contributed by atoms with Gasteiger partial charge in [0.15, 0.2) is 0 Å². The zero-order chi connectivity index (χ0) is 20.8. The van der Waals surface area contributed by atoms with Crippen LogP contribution in [-0.4, -0.2) is 49.0 Å². The van der Waals surface area contributed by atoms with Gasteiger partial charge in [0, 0.05) is 11.4 Å². The molecule has 154 valence electrons. The first kappa shape index (κ1) is 20.5. The number of cyclic esters (lactones) is 1. The number of nitrogens with one attached hydrogen (secondary N) is 2. The Bertz CT molecular complexity index is 851. The lowest BCUT2D eigenvalue weighted by molar-refractivity contribution is -0.0232. The summed E-state index contributed by atoms with van der Waals surface area (Å²) in [6.07, 6.45) is -5.46. The Morgan fingerprint density at radius 1 is 1.17 bits per heavy atom. The number of carbonyl (C=O) groups excluding carboxylic acids is 2. The van der Waals surface area contributed by atoms with E-state index in [2.05, 4.69) is 10.6 Å². The molecular weight excluding hydrogens is 384 g/mol. The number of carbonyl (C=O) groups is 2. The molecule has 29 heavy (non-hydrogen) atoms. The van der Waals surface area contributed by atoms with Crippen molar-refractivity contribution in [2.75, 3.05) is 23.4 Å². The molecule has 3 rings (SSSR count). The summed E-state index contributed by atoms with van der Waals surface area (Å²) in [7, 11) is 0. The summed E-state index contributed by atoms with van der Waals surface area (Å²) < 4.78 is 31.0. The number of nitrogens with zero attached hydrogens (tertiary/aromatic N) is 1. The van der Waals surface area contributed by atoms with Crippen molar-refractivity contribution in [3.8, 4) is 0 Å². The number of ether oxygens (including phenoxy) is 1. The fourth-order valence-corrected chi connectivity index (χ4v) is 3.02. The quantitative estimate of drug-likeness (QED) is 0.661. The van der Waals surface area contributed by atoms with Crippen molar-refractivity contribution in [2.45, 2.75) is 25.0 Å². The van der Waals surface area contributed by atoms with E-state index in [9.17, 15) is 23.5 Å². The van der Waals surface area contributed by atoms with Gasteiger partial charge in [-0.15, -0.1) is 0 Å². The van der Waals surface area contributed by atoms with E-state index in [0.717, 1.165) is 0 Å². The molecular formula is C20H21F2N3O4. The SMILES string of the molecule is O=C(Nc1cccc(N2CCOC2=O)c1)N[C@@H](Cc1ccccc1)[C@H](O)C(F)F. The summed E-state index contributed by atoms with van der Waals surface area (Å²) in [4.78, 5) is 25.4. The monoisotopic (exact) mass is 405 g/mol. The van der Waals surface area contributed by atoms with Crippen molar-refractivity contribution < 1.29 is 28.2 Å². The number of rotatable bonds is 7. The second-order valence-electron chi connectivity index (χ2n) is 6.54. The first-order valence-corrected chi connectivity index (χ1v) is 9.06. The second kappa shape index (κ2) is 9.33. The van der Waals surface area contributed by atoms with E-state index in [1.165, 1.54) is 4.90 Å². The Morgan fingerprint density at radius 3 is 2.59 bits per heavy atom. The smallest absolute Gasteiger partial charge is 0.414 e. The average molecular weight is 405 g/mol. The van der Waals surface area contributed by atoms with Gasteiger partial charge in [-0.3, -0.25) is 4.90 Å². The molecule has 0 radical (unpaired) electrons. The lowest BCUT2D eigenvalue weighted by Gasteiger charge is -2.24. The van der Waals surface area contributed by atoms with Crippen molar-refractivity contribution >= 4 is 23.5 Å². The number of alkyl halides is 2. The molecule has 0 aliphatic carbocycles. The van der Waals surface area contributed by atoms with Crippen LogP contribution in [0.4, 0.5) is 29.7 Å². The van der Waals surface area contributed by atoms with Gasteiger partial charge in [0.25, 0.3) is 6.43 Å². The summed E-state index contributed by atoms with van der Waals surface area (Å²) >= 11 is 0. The Morgan fingerprint density at radius 2 is 1.93 bits per heavy atom. The Hall–Kier alpha value is -3.20. The minimum Gasteiger partial charge on any atom is -0.447 e. The van der Waals surface area contributed by atoms with E-state index in [1.54, 1.807) is 54.6 Å². The van der Waals surface area contributed by atoms with Crippen LogP contribution in [0, 0.1) is 0 Å². The third-order valence-corrected chi connectivity index (χ3v) is 4.46. The number of hydrogen-bond donors (Lipinski definition) is 3. The van der Waals surface area contributed by atoms with Crippen LogP contribution < -0.4 is 15.5 Å². The van der Waals surface area contributed by atoms with E-state index < -0.39 is 30.7 Å². The summed E-state index contributed by atoms with van der Waals surface area (Å²) in [6, 6.07) is 13.3. The molecule has 0 unspecified atom stereocenters. The molecule has 1 heterocycles. The summed E-state index contributed by atoms with van der Waals surface area (Å²) in [6.45, 7) is 0.678. The van der Waals surface area contributed by atoms with Crippen LogP contribution in [0.2, 0.25) is 0 Å². The maximum Gasteiger partial charge on any atom is 0.414 e. The number of benzene rings is 2. The summed E-state index contributed by atoms with van der Waals surface area (Å²) in [5.74, 6) is 0. The first-order chi connectivity index (χ1) is 13.9. The van der Waals surface area contributed by atoms with Crippen LogP contribution in [0.5, 0.6) is 0 Å². The fourth-order valence-electron chi connectivity index (χ4n) is 3.02. The second-order valence-corrected chi connectivity index (χ2v) is 6.54. The molecule has 0 spiro atoms. The number of hydrogen-bond acceptors (Lipinski definition) is 4. The van der Waals surface area contributed by atoms with Crippen molar-refractivity contribution in [3.05, 3.63) is 60.2 Å². The van der Waals surface area contributed by atoms with Gasteiger partial charge in [-0.05, 0) is 30.2 Å². The molecule has 1 aliphatic rings. The van der Waals surface area contributed by atoms with Gasteiger partial charge in [-0.1, -0.05) is 36.4 Å².